The van der Waals surface area contributed by atoms with E-state index < -0.39 is 6.67 Å². The van der Waals surface area contributed by atoms with Crippen LogP contribution in [0.3, 0.4) is 0 Å². The highest BCUT2D eigenvalue weighted by atomic mass is 19.1. The molecule has 0 amide bonds. The first-order valence-electron chi connectivity index (χ1n) is 8.37. The Kier molecular flexibility index (Phi) is 3.77. The molecule has 0 saturated carbocycles. The summed E-state index contributed by atoms with van der Waals surface area (Å²) < 4.78 is 15.4. The molecule has 0 aliphatic carbocycles. The van der Waals surface area contributed by atoms with Crippen LogP contribution >= 0.6 is 0 Å². The zero-order valence-electron chi connectivity index (χ0n) is 13.6. The standard InChI is InChI=1S/C19H22FN3/c1-22-9-6-15(7-10-22)18-17-5-3-2-4-14(17)8-11-23-16(12-20)13-21-19(18)23/h2-5,13H,6-12H2,1H3. The molecular weight excluding hydrogens is 289 g/mol. The van der Waals surface area contributed by atoms with Gasteiger partial charge in [0.25, 0.3) is 0 Å². The van der Waals surface area contributed by atoms with E-state index in [4.69, 9.17) is 0 Å². The summed E-state index contributed by atoms with van der Waals surface area (Å²) in [6.07, 6.45) is 4.78. The second-order valence-electron chi connectivity index (χ2n) is 6.55. The lowest BCUT2D eigenvalue weighted by Gasteiger charge is -2.26. The van der Waals surface area contributed by atoms with E-state index in [9.17, 15) is 4.39 Å². The lowest BCUT2D eigenvalue weighted by atomic mass is 9.90. The van der Waals surface area contributed by atoms with Crippen molar-refractivity contribution in [2.75, 3.05) is 20.1 Å². The molecule has 4 heteroatoms. The smallest absolute Gasteiger partial charge is 0.140 e. The van der Waals surface area contributed by atoms with E-state index in [1.807, 2.05) is 0 Å². The number of nitrogens with zero attached hydrogens (tertiary/aromatic N) is 3. The van der Waals surface area contributed by atoms with Crippen molar-refractivity contribution >= 4 is 5.57 Å². The maximum Gasteiger partial charge on any atom is 0.140 e. The summed E-state index contributed by atoms with van der Waals surface area (Å²) in [6, 6.07) is 8.60. The monoisotopic (exact) mass is 311 g/mol. The van der Waals surface area contributed by atoms with Crippen LogP contribution in [0, 0.1) is 0 Å². The summed E-state index contributed by atoms with van der Waals surface area (Å²) in [7, 11) is 2.17. The molecule has 1 aromatic carbocycles. The van der Waals surface area contributed by atoms with Crippen molar-refractivity contribution in [2.45, 2.75) is 32.5 Å². The van der Waals surface area contributed by atoms with Crippen molar-refractivity contribution in [3.63, 3.8) is 0 Å². The number of likely N-dealkylation sites (tertiary alicyclic amines) is 1. The number of hydrogen-bond acceptors (Lipinski definition) is 2. The molecule has 0 spiro atoms. The van der Waals surface area contributed by atoms with Gasteiger partial charge in [0.05, 0.1) is 11.9 Å². The van der Waals surface area contributed by atoms with Gasteiger partial charge in [-0.3, -0.25) is 0 Å². The lowest BCUT2D eigenvalue weighted by molar-refractivity contribution is 0.313. The molecule has 23 heavy (non-hydrogen) atoms. The Morgan fingerprint density at radius 2 is 1.87 bits per heavy atom. The molecule has 0 N–H and O–H groups in total. The van der Waals surface area contributed by atoms with Gasteiger partial charge in [-0.25, -0.2) is 9.37 Å². The van der Waals surface area contributed by atoms with E-state index in [0.29, 0.717) is 5.69 Å². The van der Waals surface area contributed by atoms with Gasteiger partial charge in [-0.15, -0.1) is 0 Å². The zero-order chi connectivity index (χ0) is 15.8. The van der Waals surface area contributed by atoms with Crippen molar-refractivity contribution in [3.8, 4) is 0 Å². The molecule has 0 bridgehead atoms. The van der Waals surface area contributed by atoms with Crippen molar-refractivity contribution in [1.82, 2.24) is 14.5 Å². The van der Waals surface area contributed by atoms with E-state index in [-0.39, 0.29) is 0 Å². The summed E-state index contributed by atoms with van der Waals surface area (Å²) in [5, 5.41) is 0. The minimum absolute atomic E-state index is 0.450. The summed E-state index contributed by atoms with van der Waals surface area (Å²) in [5.41, 5.74) is 6.06. The van der Waals surface area contributed by atoms with E-state index in [0.717, 1.165) is 44.7 Å². The average Bonchev–Trinajstić information content (AvgIpc) is 2.91. The molecule has 0 atom stereocenters. The van der Waals surface area contributed by atoms with Crippen LogP contribution in [0.15, 0.2) is 36.0 Å². The largest absolute Gasteiger partial charge is 0.325 e. The number of imidazole rings is 1. The lowest BCUT2D eigenvalue weighted by Crippen LogP contribution is -2.27. The molecule has 2 aromatic rings. The number of benzene rings is 1. The Balaban J connectivity index is 1.92. The molecule has 0 unspecified atom stereocenters. The highest BCUT2D eigenvalue weighted by Gasteiger charge is 2.25. The van der Waals surface area contributed by atoms with Gasteiger partial charge >= 0.3 is 0 Å². The molecule has 2 aliphatic heterocycles. The number of rotatable bonds is 1. The fourth-order valence-corrected chi connectivity index (χ4v) is 3.79. The summed E-state index contributed by atoms with van der Waals surface area (Å²) in [6.45, 7) is 2.52. The van der Waals surface area contributed by atoms with E-state index in [2.05, 4.69) is 45.8 Å². The van der Waals surface area contributed by atoms with Gasteiger partial charge in [-0.2, -0.15) is 0 Å². The van der Waals surface area contributed by atoms with Crippen molar-refractivity contribution in [1.29, 1.82) is 0 Å². The molecule has 120 valence electrons. The highest BCUT2D eigenvalue weighted by molar-refractivity contribution is 5.81. The summed E-state index contributed by atoms with van der Waals surface area (Å²) in [5.74, 6) is 0.960. The first-order valence-corrected chi connectivity index (χ1v) is 8.37. The minimum Gasteiger partial charge on any atom is -0.325 e. The second kappa shape index (κ2) is 5.93. The van der Waals surface area contributed by atoms with Gasteiger partial charge in [-0.1, -0.05) is 29.8 Å². The van der Waals surface area contributed by atoms with Crippen LogP contribution in [-0.2, 0) is 19.6 Å². The fourth-order valence-electron chi connectivity index (χ4n) is 3.79. The Morgan fingerprint density at radius 1 is 1.09 bits per heavy atom. The van der Waals surface area contributed by atoms with Crippen molar-refractivity contribution in [3.05, 3.63) is 58.7 Å². The van der Waals surface area contributed by atoms with Crippen molar-refractivity contribution in [2.24, 2.45) is 0 Å². The van der Waals surface area contributed by atoms with Crippen LogP contribution in [0.5, 0.6) is 0 Å². The van der Waals surface area contributed by atoms with Crippen LogP contribution in [0.2, 0.25) is 0 Å². The maximum atomic E-state index is 13.3. The number of fused-ring (bicyclic) bond motifs is 2. The van der Waals surface area contributed by atoms with Gasteiger partial charge in [0, 0.05) is 25.2 Å². The second-order valence-corrected chi connectivity index (χ2v) is 6.55. The van der Waals surface area contributed by atoms with Crippen LogP contribution in [0.4, 0.5) is 4.39 Å². The van der Waals surface area contributed by atoms with E-state index in [1.165, 1.54) is 22.3 Å². The Hall–Kier alpha value is -1.94. The first kappa shape index (κ1) is 14.6. The Bertz CT molecular complexity index is 750. The number of aryl methyl sites for hydroxylation is 1. The third kappa shape index (κ3) is 2.51. The van der Waals surface area contributed by atoms with Crippen LogP contribution in [0.25, 0.3) is 5.57 Å². The molecule has 3 heterocycles. The average molecular weight is 311 g/mol. The van der Waals surface area contributed by atoms with Crippen LogP contribution in [-0.4, -0.2) is 34.6 Å². The van der Waals surface area contributed by atoms with Gasteiger partial charge in [0.2, 0.25) is 0 Å². The van der Waals surface area contributed by atoms with Crippen LogP contribution < -0.4 is 0 Å². The maximum absolute atomic E-state index is 13.3. The first-order chi connectivity index (χ1) is 11.3. The molecule has 1 fully saturated rings. The number of aromatic nitrogens is 2. The van der Waals surface area contributed by atoms with Gasteiger partial charge in [0.1, 0.15) is 12.5 Å². The molecule has 2 aliphatic rings. The van der Waals surface area contributed by atoms with E-state index in [1.54, 1.807) is 6.20 Å². The topological polar surface area (TPSA) is 21.1 Å². The van der Waals surface area contributed by atoms with Crippen LogP contribution in [0.1, 0.15) is 35.5 Å². The fraction of sp³-hybridized carbons (Fsp3) is 0.421. The quantitative estimate of drug-likeness (QED) is 0.804. The minimum atomic E-state index is -0.450. The molecule has 3 nitrogen and oxygen atoms in total. The van der Waals surface area contributed by atoms with Gasteiger partial charge in [0.15, 0.2) is 0 Å². The number of halogens is 1. The number of alkyl halides is 1. The molecule has 1 aromatic heterocycles. The third-order valence-corrected chi connectivity index (χ3v) is 5.13. The van der Waals surface area contributed by atoms with E-state index >= 15 is 0 Å². The summed E-state index contributed by atoms with van der Waals surface area (Å²) in [4.78, 5) is 6.98. The summed E-state index contributed by atoms with van der Waals surface area (Å²) >= 11 is 0. The molecule has 1 saturated heterocycles. The predicted octanol–water partition coefficient (Wildman–Crippen LogP) is 3.44. The zero-order valence-corrected chi connectivity index (χ0v) is 13.6. The highest BCUT2D eigenvalue weighted by Crippen LogP contribution is 2.36. The number of hydrogen-bond donors (Lipinski definition) is 0. The molecule has 4 rings (SSSR count). The van der Waals surface area contributed by atoms with Gasteiger partial charge in [-0.05, 0) is 37.4 Å². The number of piperidine rings is 1. The van der Waals surface area contributed by atoms with Gasteiger partial charge < -0.3 is 9.47 Å². The Morgan fingerprint density at radius 3 is 2.65 bits per heavy atom. The molecular formula is C19H22FN3. The molecule has 0 radical (unpaired) electrons. The third-order valence-electron chi connectivity index (χ3n) is 5.13. The Labute approximate surface area is 136 Å². The predicted molar refractivity (Wildman–Crippen MR) is 89.9 cm³/mol. The SMILES string of the molecule is CN1CCC(=C2c3ccccc3CCn3c(CF)cnc32)CC1. The van der Waals surface area contributed by atoms with Crippen molar-refractivity contribution < 1.29 is 4.39 Å². The normalized spacial score (nSPS) is 18.5.